The molecule has 1 rings (SSSR count). The lowest BCUT2D eigenvalue weighted by Gasteiger charge is -2.02. The first-order valence-electron chi connectivity index (χ1n) is 4.85. The Labute approximate surface area is 92.5 Å². The van der Waals surface area contributed by atoms with Crippen LogP contribution in [0.4, 0.5) is 8.78 Å². The van der Waals surface area contributed by atoms with Gasteiger partial charge in [-0.3, -0.25) is 0 Å². The number of aryl methyl sites for hydroxylation is 1. The molecule has 0 saturated carbocycles. The van der Waals surface area contributed by atoms with E-state index >= 15 is 0 Å². The second kappa shape index (κ2) is 5.39. The Morgan fingerprint density at radius 1 is 1.25 bits per heavy atom. The molecule has 0 fully saturated rings. The molecule has 0 aliphatic carbocycles. The van der Waals surface area contributed by atoms with Gasteiger partial charge in [-0.25, -0.2) is 9.18 Å². The summed E-state index contributed by atoms with van der Waals surface area (Å²) < 4.78 is 31.0. The summed E-state index contributed by atoms with van der Waals surface area (Å²) in [4.78, 5) is 10.9. The normalized spacial score (nSPS) is 12.0. The summed E-state index contributed by atoms with van der Waals surface area (Å²) in [7, 11) is 0. The van der Waals surface area contributed by atoms with Crippen LogP contribution in [0.25, 0.3) is 5.83 Å². The van der Waals surface area contributed by atoms with Crippen molar-refractivity contribution in [1.29, 1.82) is 0 Å². The van der Waals surface area contributed by atoms with E-state index in [4.69, 9.17) is 0 Å². The van der Waals surface area contributed by atoms with Crippen LogP contribution in [0.1, 0.15) is 18.1 Å². The highest BCUT2D eigenvalue weighted by molar-refractivity contribution is 5.93. The van der Waals surface area contributed by atoms with Crippen molar-refractivity contribution in [3.05, 3.63) is 41.2 Å². The number of hydrogen-bond acceptors (Lipinski definition) is 2. The summed E-state index contributed by atoms with van der Waals surface area (Å²) >= 11 is 0. The zero-order chi connectivity index (χ0) is 12.1. The third kappa shape index (κ3) is 2.89. The summed E-state index contributed by atoms with van der Waals surface area (Å²) in [6.07, 6.45) is 0. The van der Waals surface area contributed by atoms with Crippen molar-refractivity contribution < 1.29 is 18.3 Å². The molecular formula is C12H12F2O2. The number of esters is 1. The number of ether oxygens (including phenoxy) is 1. The molecule has 0 N–H and O–H groups in total. The van der Waals surface area contributed by atoms with Crippen LogP contribution < -0.4 is 0 Å². The number of carbonyl (C=O) groups excluding carboxylic acids is 1. The summed E-state index contributed by atoms with van der Waals surface area (Å²) in [5.74, 6) is -3.97. The van der Waals surface area contributed by atoms with Crippen molar-refractivity contribution >= 4 is 11.8 Å². The van der Waals surface area contributed by atoms with Crippen molar-refractivity contribution in [3.8, 4) is 0 Å². The van der Waals surface area contributed by atoms with Gasteiger partial charge in [0.1, 0.15) is 0 Å². The van der Waals surface area contributed by atoms with Crippen LogP contribution in [0.5, 0.6) is 0 Å². The van der Waals surface area contributed by atoms with Gasteiger partial charge in [0.25, 0.3) is 0 Å². The third-order valence-electron chi connectivity index (χ3n) is 1.95. The van der Waals surface area contributed by atoms with Gasteiger partial charge in [0, 0.05) is 5.56 Å². The van der Waals surface area contributed by atoms with Crippen molar-refractivity contribution in [1.82, 2.24) is 0 Å². The standard InChI is InChI=1S/C12H12F2O2/c1-3-16-12(15)11(14)10(13)9-6-4-8(2)5-7-9/h4-7H,3H2,1-2H3/b11-10+. The molecule has 86 valence electrons. The lowest BCUT2D eigenvalue weighted by Crippen LogP contribution is -2.05. The fourth-order valence-corrected chi connectivity index (χ4v) is 1.11. The van der Waals surface area contributed by atoms with Gasteiger partial charge < -0.3 is 4.74 Å². The highest BCUT2D eigenvalue weighted by atomic mass is 19.2. The monoisotopic (exact) mass is 226 g/mol. The largest absolute Gasteiger partial charge is 0.461 e. The Kier molecular flexibility index (Phi) is 4.17. The molecule has 0 aliphatic heterocycles. The van der Waals surface area contributed by atoms with E-state index in [2.05, 4.69) is 4.74 Å². The van der Waals surface area contributed by atoms with Gasteiger partial charge in [0.15, 0.2) is 5.83 Å². The number of carbonyl (C=O) groups is 1. The highest BCUT2D eigenvalue weighted by Crippen LogP contribution is 2.22. The lowest BCUT2D eigenvalue weighted by molar-refractivity contribution is -0.140. The second-order valence-electron chi connectivity index (χ2n) is 3.21. The first-order chi connectivity index (χ1) is 7.56. The Morgan fingerprint density at radius 3 is 2.31 bits per heavy atom. The van der Waals surface area contributed by atoms with Crippen molar-refractivity contribution in [3.63, 3.8) is 0 Å². The molecule has 0 radical (unpaired) electrons. The Balaban J connectivity index is 2.99. The molecule has 16 heavy (non-hydrogen) atoms. The molecule has 2 nitrogen and oxygen atoms in total. The predicted octanol–water partition coefficient (Wildman–Crippen LogP) is 3.17. The van der Waals surface area contributed by atoms with E-state index in [0.29, 0.717) is 0 Å². The first kappa shape index (κ1) is 12.4. The minimum atomic E-state index is -1.49. The predicted molar refractivity (Wildman–Crippen MR) is 56.9 cm³/mol. The minimum absolute atomic E-state index is 0.00737. The van der Waals surface area contributed by atoms with Crippen LogP contribution in [0.2, 0.25) is 0 Å². The third-order valence-corrected chi connectivity index (χ3v) is 1.95. The van der Waals surface area contributed by atoms with Crippen molar-refractivity contribution in [2.75, 3.05) is 6.61 Å². The van der Waals surface area contributed by atoms with E-state index in [1.54, 1.807) is 12.1 Å². The van der Waals surface area contributed by atoms with Crippen LogP contribution in [0.15, 0.2) is 30.1 Å². The van der Waals surface area contributed by atoms with E-state index in [-0.39, 0.29) is 12.2 Å². The summed E-state index contributed by atoms with van der Waals surface area (Å²) in [6.45, 7) is 3.36. The fraction of sp³-hybridized carbons (Fsp3) is 0.250. The summed E-state index contributed by atoms with van der Waals surface area (Å²) in [6, 6.07) is 6.08. The maximum absolute atomic E-state index is 13.4. The Bertz CT molecular complexity index is 408. The molecule has 1 aromatic carbocycles. The number of hydrogen-bond donors (Lipinski definition) is 0. The zero-order valence-corrected chi connectivity index (χ0v) is 9.09. The smallest absolute Gasteiger partial charge is 0.370 e. The minimum Gasteiger partial charge on any atom is -0.461 e. The summed E-state index contributed by atoms with van der Waals surface area (Å²) in [5, 5.41) is 0. The van der Waals surface area contributed by atoms with Crippen LogP contribution in [-0.2, 0) is 9.53 Å². The van der Waals surface area contributed by atoms with Crippen LogP contribution in [-0.4, -0.2) is 12.6 Å². The fourth-order valence-electron chi connectivity index (χ4n) is 1.11. The molecular weight excluding hydrogens is 214 g/mol. The van der Waals surface area contributed by atoms with Gasteiger partial charge in [0.2, 0.25) is 5.83 Å². The summed E-state index contributed by atoms with van der Waals surface area (Å²) in [5.41, 5.74) is 0.948. The van der Waals surface area contributed by atoms with Gasteiger partial charge in [0.05, 0.1) is 6.61 Å². The van der Waals surface area contributed by atoms with Gasteiger partial charge in [-0.1, -0.05) is 29.8 Å². The maximum atomic E-state index is 13.4. The van der Waals surface area contributed by atoms with E-state index < -0.39 is 17.6 Å². The molecule has 0 saturated heterocycles. The zero-order valence-electron chi connectivity index (χ0n) is 9.09. The molecule has 0 amide bonds. The van der Waals surface area contributed by atoms with Gasteiger partial charge in [-0.15, -0.1) is 0 Å². The first-order valence-corrected chi connectivity index (χ1v) is 4.85. The van der Waals surface area contributed by atoms with Crippen molar-refractivity contribution in [2.24, 2.45) is 0 Å². The van der Waals surface area contributed by atoms with Gasteiger partial charge in [-0.2, -0.15) is 4.39 Å². The SMILES string of the molecule is CCOC(=O)/C(F)=C(\F)c1ccc(C)cc1. The van der Waals surface area contributed by atoms with Gasteiger partial charge >= 0.3 is 5.97 Å². The molecule has 0 spiro atoms. The molecule has 0 heterocycles. The number of halogens is 2. The molecule has 0 aromatic heterocycles. The van der Waals surface area contributed by atoms with E-state index in [1.807, 2.05) is 6.92 Å². The van der Waals surface area contributed by atoms with E-state index in [0.717, 1.165) is 5.56 Å². The Hall–Kier alpha value is -1.71. The Morgan fingerprint density at radius 2 is 1.81 bits per heavy atom. The van der Waals surface area contributed by atoms with Crippen molar-refractivity contribution in [2.45, 2.75) is 13.8 Å². The van der Waals surface area contributed by atoms with Crippen LogP contribution >= 0.6 is 0 Å². The van der Waals surface area contributed by atoms with Gasteiger partial charge in [-0.05, 0) is 13.8 Å². The molecule has 0 atom stereocenters. The molecule has 4 heteroatoms. The molecule has 1 aromatic rings. The quantitative estimate of drug-likeness (QED) is 0.584. The topological polar surface area (TPSA) is 26.3 Å². The maximum Gasteiger partial charge on any atom is 0.370 e. The second-order valence-corrected chi connectivity index (χ2v) is 3.21. The van der Waals surface area contributed by atoms with E-state index in [9.17, 15) is 13.6 Å². The molecule has 0 bridgehead atoms. The average molecular weight is 226 g/mol. The average Bonchev–Trinajstić information content (AvgIpc) is 2.28. The van der Waals surface area contributed by atoms with Crippen LogP contribution in [0.3, 0.4) is 0 Å². The highest BCUT2D eigenvalue weighted by Gasteiger charge is 2.17. The molecule has 0 unspecified atom stereocenters. The number of rotatable bonds is 3. The molecule has 0 aliphatic rings. The number of benzene rings is 1. The lowest BCUT2D eigenvalue weighted by atomic mass is 10.1. The van der Waals surface area contributed by atoms with E-state index in [1.165, 1.54) is 19.1 Å². The van der Waals surface area contributed by atoms with Crippen LogP contribution in [0, 0.1) is 6.92 Å².